The normalized spacial score (nSPS) is 23.6. The minimum Gasteiger partial charge on any atom is -0.411 e. The van der Waals surface area contributed by atoms with E-state index >= 15 is 0 Å². The highest BCUT2D eigenvalue weighted by molar-refractivity contribution is 6.29. The van der Waals surface area contributed by atoms with E-state index in [9.17, 15) is 9.18 Å². The van der Waals surface area contributed by atoms with Gasteiger partial charge in [0.05, 0.1) is 6.21 Å². The molecule has 1 fully saturated rings. The smallest absolute Gasteiger partial charge is 0.243 e. The lowest BCUT2D eigenvalue weighted by atomic mass is 9.83. The van der Waals surface area contributed by atoms with Crippen LogP contribution in [0.4, 0.5) is 4.39 Å². The number of hydrogen-bond donors (Lipinski definition) is 3. The van der Waals surface area contributed by atoms with Crippen molar-refractivity contribution in [3.8, 4) is 5.75 Å². The molecule has 1 aromatic carbocycles. The Morgan fingerprint density at radius 1 is 1.50 bits per heavy atom. The van der Waals surface area contributed by atoms with Crippen LogP contribution in [0.3, 0.4) is 0 Å². The van der Waals surface area contributed by atoms with E-state index in [1.165, 1.54) is 6.08 Å². The average Bonchev–Trinajstić information content (AvgIpc) is 2.74. The van der Waals surface area contributed by atoms with Gasteiger partial charge in [-0.25, -0.2) is 4.39 Å². The molecule has 1 amide bonds. The Labute approximate surface area is 163 Å². The lowest BCUT2D eigenvalue weighted by Crippen LogP contribution is -2.42. The molecule has 1 aliphatic heterocycles. The number of nitrogens with one attached hydrogen (secondary N) is 2. The quantitative estimate of drug-likeness (QED) is 0.504. The highest BCUT2D eigenvalue weighted by atomic mass is 19.1. The Balaban J connectivity index is 1.66. The van der Waals surface area contributed by atoms with E-state index in [4.69, 9.17) is 10.7 Å². The predicted molar refractivity (Wildman–Crippen MR) is 106 cm³/mol. The largest absolute Gasteiger partial charge is 0.411 e. The first-order chi connectivity index (χ1) is 13.5. The molecule has 0 radical (unpaired) electrons. The number of nitrogens with zero attached hydrogens (tertiary/aromatic N) is 3. The number of alkyl halides is 1. The van der Waals surface area contributed by atoms with E-state index in [1.54, 1.807) is 25.4 Å². The van der Waals surface area contributed by atoms with Crippen molar-refractivity contribution in [2.75, 3.05) is 20.6 Å². The molecule has 150 valence electrons. The first-order valence-electron chi connectivity index (χ1n) is 9.14. The molecule has 0 saturated heterocycles. The SMILES string of the molecule is CNC(=O)/C=C/c1ccc(C2N=CC(N(C)CC3CC[C@@H]3F)=NN2)c(ON)c1. The number of hydrogen-bond acceptors (Lipinski definition) is 7. The first kappa shape index (κ1) is 19.8. The van der Waals surface area contributed by atoms with E-state index in [0.717, 1.165) is 12.0 Å². The van der Waals surface area contributed by atoms with Crippen LogP contribution in [0.2, 0.25) is 0 Å². The molecular formula is C19H25FN6O2. The zero-order chi connectivity index (χ0) is 20.1. The number of likely N-dealkylation sites (N-methyl/N-ethyl adjacent to an activating group) is 1. The fourth-order valence-electron chi connectivity index (χ4n) is 3.08. The molecule has 0 aromatic heterocycles. The van der Waals surface area contributed by atoms with E-state index in [1.807, 2.05) is 24.1 Å². The Kier molecular flexibility index (Phi) is 6.25. The van der Waals surface area contributed by atoms with Crippen molar-refractivity contribution < 1.29 is 14.0 Å². The number of aliphatic imine (C=N–C) groups is 1. The van der Waals surface area contributed by atoms with Gasteiger partial charge in [-0.2, -0.15) is 11.0 Å². The summed E-state index contributed by atoms with van der Waals surface area (Å²) in [6.07, 6.45) is 5.12. The molecule has 2 unspecified atom stereocenters. The van der Waals surface area contributed by atoms with Crippen molar-refractivity contribution in [3.63, 3.8) is 0 Å². The minimum absolute atomic E-state index is 0.0615. The summed E-state index contributed by atoms with van der Waals surface area (Å²) in [6, 6.07) is 5.36. The fraction of sp³-hybridized carbons (Fsp3) is 0.421. The molecule has 3 rings (SSSR count). The van der Waals surface area contributed by atoms with E-state index in [0.29, 0.717) is 30.1 Å². The monoisotopic (exact) mass is 388 g/mol. The number of rotatable bonds is 6. The molecule has 28 heavy (non-hydrogen) atoms. The summed E-state index contributed by atoms with van der Waals surface area (Å²) < 4.78 is 13.5. The summed E-state index contributed by atoms with van der Waals surface area (Å²) in [5, 5.41) is 6.86. The number of nitrogens with two attached hydrogens (primary N) is 1. The van der Waals surface area contributed by atoms with Gasteiger partial charge in [0.2, 0.25) is 5.91 Å². The molecule has 3 atom stereocenters. The maximum Gasteiger partial charge on any atom is 0.243 e. The van der Waals surface area contributed by atoms with Crippen LogP contribution in [0.1, 0.15) is 30.1 Å². The van der Waals surface area contributed by atoms with Crippen molar-refractivity contribution >= 4 is 24.0 Å². The molecule has 0 spiro atoms. The molecule has 1 aromatic rings. The lowest BCUT2D eigenvalue weighted by Gasteiger charge is -2.34. The molecule has 0 bridgehead atoms. The number of carbonyl (C=O) groups excluding carboxylic acids is 1. The van der Waals surface area contributed by atoms with Gasteiger partial charge in [0.1, 0.15) is 6.17 Å². The fourth-order valence-corrected chi connectivity index (χ4v) is 3.08. The lowest BCUT2D eigenvalue weighted by molar-refractivity contribution is -0.115. The molecular weight excluding hydrogens is 363 g/mol. The van der Waals surface area contributed by atoms with Gasteiger partial charge in [0.25, 0.3) is 0 Å². The Bertz CT molecular complexity index is 810. The van der Waals surface area contributed by atoms with Gasteiger partial charge in [0.15, 0.2) is 17.8 Å². The molecule has 4 N–H and O–H groups in total. The Hall–Kier alpha value is -2.94. The van der Waals surface area contributed by atoms with Crippen LogP contribution in [0, 0.1) is 5.92 Å². The second-order valence-electron chi connectivity index (χ2n) is 6.88. The number of carbonyl (C=O) groups is 1. The second-order valence-corrected chi connectivity index (χ2v) is 6.88. The van der Waals surface area contributed by atoms with E-state index < -0.39 is 12.3 Å². The van der Waals surface area contributed by atoms with Gasteiger partial charge in [-0.15, -0.1) is 0 Å². The maximum absolute atomic E-state index is 13.5. The number of amides is 1. The van der Waals surface area contributed by atoms with E-state index in [2.05, 4.69) is 20.8 Å². The highest BCUT2D eigenvalue weighted by Gasteiger charge is 2.32. The van der Waals surface area contributed by atoms with Crippen LogP contribution in [0.5, 0.6) is 5.75 Å². The maximum atomic E-state index is 13.5. The zero-order valence-corrected chi connectivity index (χ0v) is 15.9. The molecule has 1 aliphatic carbocycles. The van der Waals surface area contributed by atoms with Crippen LogP contribution in [-0.4, -0.2) is 49.7 Å². The molecule has 8 nitrogen and oxygen atoms in total. The average molecular weight is 388 g/mol. The molecule has 9 heteroatoms. The summed E-state index contributed by atoms with van der Waals surface area (Å²) in [6.45, 7) is 0.613. The first-order valence-corrected chi connectivity index (χ1v) is 9.14. The molecule has 2 aliphatic rings. The molecule has 1 heterocycles. The third-order valence-corrected chi connectivity index (χ3v) is 5.00. The van der Waals surface area contributed by atoms with Crippen molar-refractivity contribution in [2.24, 2.45) is 21.9 Å². The van der Waals surface area contributed by atoms with E-state index in [-0.39, 0.29) is 11.8 Å². The van der Waals surface area contributed by atoms with Crippen molar-refractivity contribution in [3.05, 3.63) is 35.4 Å². The number of hydrazone groups is 1. The molecule has 1 saturated carbocycles. The Morgan fingerprint density at radius 3 is 2.89 bits per heavy atom. The number of halogens is 1. The predicted octanol–water partition coefficient (Wildman–Crippen LogP) is 1.36. The van der Waals surface area contributed by atoms with Crippen molar-refractivity contribution in [1.82, 2.24) is 15.6 Å². The van der Waals surface area contributed by atoms with Gasteiger partial charge >= 0.3 is 0 Å². The zero-order valence-electron chi connectivity index (χ0n) is 15.9. The van der Waals surface area contributed by atoms with Crippen molar-refractivity contribution in [2.45, 2.75) is 25.2 Å². The third-order valence-electron chi connectivity index (χ3n) is 5.00. The minimum atomic E-state index is -0.718. The summed E-state index contributed by atoms with van der Waals surface area (Å²) >= 11 is 0. The summed E-state index contributed by atoms with van der Waals surface area (Å²) in [5.41, 5.74) is 4.45. The van der Waals surface area contributed by atoms with Gasteiger partial charge < -0.3 is 15.1 Å². The highest BCUT2D eigenvalue weighted by Crippen LogP contribution is 2.31. The topological polar surface area (TPSA) is 104 Å². The van der Waals surface area contributed by atoms with Crippen LogP contribution in [0.25, 0.3) is 6.08 Å². The van der Waals surface area contributed by atoms with Crippen LogP contribution < -0.4 is 21.5 Å². The standard InChI is InChI=1S/C19H25FN6O2/c1-22-18(27)8-4-12-3-6-14(16(9-12)28-21)19-23-10-17(24-25-19)26(2)11-13-5-7-15(13)20/h3-4,6,8-10,13,15,19,25H,5,7,11,21H2,1-2H3,(H,22,27)/b8-4+/t13?,15-,19?/m0/s1. The van der Waals surface area contributed by atoms with Crippen LogP contribution in [0.15, 0.2) is 34.4 Å². The van der Waals surface area contributed by atoms with Gasteiger partial charge in [-0.3, -0.25) is 15.2 Å². The van der Waals surface area contributed by atoms with Crippen LogP contribution in [-0.2, 0) is 4.79 Å². The summed E-state index contributed by atoms with van der Waals surface area (Å²) in [5.74, 6) is 6.34. The van der Waals surface area contributed by atoms with Crippen LogP contribution >= 0.6 is 0 Å². The summed E-state index contributed by atoms with van der Waals surface area (Å²) in [4.78, 5) is 22.7. The third kappa shape index (κ3) is 4.48. The van der Waals surface area contributed by atoms with Crippen molar-refractivity contribution in [1.29, 1.82) is 0 Å². The number of amidine groups is 1. The second kappa shape index (κ2) is 8.83. The van der Waals surface area contributed by atoms with Gasteiger partial charge in [-0.05, 0) is 30.5 Å². The summed E-state index contributed by atoms with van der Waals surface area (Å²) in [7, 11) is 3.44. The number of benzene rings is 1. The Morgan fingerprint density at radius 2 is 2.32 bits per heavy atom. The van der Waals surface area contributed by atoms with Gasteiger partial charge in [0, 0.05) is 38.2 Å². The van der Waals surface area contributed by atoms with Gasteiger partial charge in [-0.1, -0.05) is 12.1 Å².